The number of esters is 5. The van der Waals surface area contributed by atoms with Crippen LogP contribution >= 0.6 is 0 Å². The molecule has 150 valence electrons. The molecule has 10 heteroatoms. The number of rotatable bonds is 2. The number of hydrogen-bond acceptors (Lipinski definition) is 10. The molecule has 10 nitrogen and oxygen atoms in total. The van der Waals surface area contributed by atoms with Gasteiger partial charge in [-0.1, -0.05) is 18.7 Å². The molecule has 0 saturated carbocycles. The van der Waals surface area contributed by atoms with Crippen LogP contribution < -0.4 is 0 Å². The van der Waals surface area contributed by atoms with E-state index in [2.05, 4.69) is 20.8 Å². The smallest absolute Gasteiger partial charge is 0.346 e. The minimum absolute atomic E-state index is 0.125. The van der Waals surface area contributed by atoms with E-state index in [0.29, 0.717) is 11.1 Å². The van der Waals surface area contributed by atoms with Gasteiger partial charge in [-0.05, 0) is 12.1 Å². The molecule has 1 aromatic carbocycles. The van der Waals surface area contributed by atoms with Crippen molar-refractivity contribution in [3.8, 4) is 0 Å². The third kappa shape index (κ3) is 9.75. The maximum absolute atomic E-state index is 10.8. The van der Waals surface area contributed by atoms with E-state index in [0.717, 1.165) is 18.4 Å². The molecule has 0 radical (unpaired) electrons. The molecule has 0 amide bonds. The van der Waals surface area contributed by atoms with Crippen molar-refractivity contribution >= 4 is 29.8 Å². The Hall–Kier alpha value is -3.63. The number of aliphatic hydroxyl groups excluding tert-OH is 2. The quantitative estimate of drug-likeness (QED) is 0.309. The van der Waals surface area contributed by atoms with Crippen molar-refractivity contribution in [3.05, 3.63) is 60.4 Å². The van der Waals surface area contributed by atoms with Gasteiger partial charge in [0.25, 0.3) is 0 Å². The molecule has 2 aliphatic rings. The second-order valence-electron chi connectivity index (χ2n) is 4.52. The predicted octanol–water partition coefficient (Wildman–Crippen LogP) is 0.287. The average molecular weight is 394 g/mol. The Labute approximate surface area is 159 Å². The van der Waals surface area contributed by atoms with Crippen molar-refractivity contribution in [3.63, 3.8) is 0 Å². The highest BCUT2D eigenvalue weighted by atomic mass is 16.6. The van der Waals surface area contributed by atoms with E-state index in [9.17, 15) is 24.0 Å². The van der Waals surface area contributed by atoms with Crippen molar-refractivity contribution in [2.24, 2.45) is 0 Å². The van der Waals surface area contributed by atoms with Crippen LogP contribution in [0.2, 0.25) is 0 Å². The van der Waals surface area contributed by atoms with Gasteiger partial charge in [0.2, 0.25) is 0 Å². The van der Waals surface area contributed by atoms with Gasteiger partial charge in [0.05, 0.1) is 30.6 Å². The van der Waals surface area contributed by atoms with Crippen molar-refractivity contribution in [2.45, 2.75) is 6.92 Å². The van der Waals surface area contributed by atoms with Gasteiger partial charge in [-0.2, -0.15) is 0 Å². The van der Waals surface area contributed by atoms with E-state index < -0.39 is 23.9 Å². The van der Waals surface area contributed by atoms with Crippen LogP contribution in [0.1, 0.15) is 27.6 Å². The van der Waals surface area contributed by atoms with Crippen LogP contribution in [0.15, 0.2) is 49.3 Å². The lowest BCUT2D eigenvalue weighted by molar-refractivity contribution is -0.150. The van der Waals surface area contributed by atoms with Crippen molar-refractivity contribution in [1.29, 1.82) is 0 Å². The summed E-state index contributed by atoms with van der Waals surface area (Å²) in [5, 5.41) is 15.2. The van der Waals surface area contributed by atoms with Gasteiger partial charge < -0.3 is 24.4 Å². The van der Waals surface area contributed by atoms with E-state index in [1.165, 1.54) is 6.92 Å². The molecule has 0 bridgehead atoms. The summed E-state index contributed by atoms with van der Waals surface area (Å²) >= 11 is 0. The van der Waals surface area contributed by atoms with Gasteiger partial charge in [-0.25, -0.2) is 19.2 Å². The summed E-state index contributed by atoms with van der Waals surface area (Å²) < 4.78 is 12.5. The fourth-order valence-corrected chi connectivity index (χ4v) is 1.45. The molecule has 0 saturated heterocycles. The van der Waals surface area contributed by atoms with Crippen molar-refractivity contribution in [2.75, 3.05) is 13.2 Å². The molecular formula is C18H18O10. The largest absolute Gasteiger partial charge is 0.435 e. The number of ether oxygens (including phenoxy) is 3. The summed E-state index contributed by atoms with van der Waals surface area (Å²) in [6, 6.07) is 6.53. The molecule has 28 heavy (non-hydrogen) atoms. The molecule has 0 atom stereocenters. The molecule has 2 aliphatic heterocycles. The van der Waals surface area contributed by atoms with Gasteiger partial charge in [0.1, 0.15) is 0 Å². The van der Waals surface area contributed by atoms with E-state index in [1.807, 2.05) is 0 Å². The van der Waals surface area contributed by atoms with E-state index in [1.54, 1.807) is 24.3 Å². The standard InChI is InChI=1S/C8H4O3.C4H2O3.C4H6O2.C2H6O2/c9-7-5-3-1-2-4-6(5)8(10)11-7;5-3-1-2-4(6)7-3;1-3-6-4(2)5;3-1-2-4/h1-4H;1-2H;3H,1H2,2H3;3-4H,1-2H2. The van der Waals surface area contributed by atoms with E-state index in [4.69, 9.17) is 10.2 Å². The minimum atomic E-state index is -0.579. The first-order valence-corrected chi connectivity index (χ1v) is 7.56. The monoisotopic (exact) mass is 394 g/mol. The molecule has 0 aromatic heterocycles. The minimum Gasteiger partial charge on any atom is -0.435 e. The fraction of sp³-hybridized carbons (Fsp3) is 0.167. The van der Waals surface area contributed by atoms with Crippen LogP contribution in [0.3, 0.4) is 0 Å². The molecule has 1 aromatic rings. The number of hydrogen-bond donors (Lipinski definition) is 2. The summed E-state index contributed by atoms with van der Waals surface area (Å²) in [5.74, 6) is -2.59. The Balaban J connectivity index is 0.000000376. The van der Waals surface area contributed by atoms with Gasteiger partial charge in [0, 0.05) is 19.1 Å². The maximum atomic E-state index is 10.8. The number of benzene rings is 1. The second-order valence-corrected chi connectivity index (χ2v) is 4.52. The zero-order valence-corrected chi connectivity index (χ0v) is 14.8. The van der Waals surface area contributed by atoms with Crippen LogP contribution in [0.5, 0.6) is 0 Å². The number of aliphatic hydroxyl groups is 2. The molecule has 2 heterocycles. The molecular weight excluding hydrogens is 376 g/mol. The van der Waals surface area contributed by atoms with Gasteiger partial charge >= 0.3 is 29.8 Å². The number of carbonyl (C=O) groups excluding carboxylic acids is 5. The molecule has 0 unspecified atom stereocenters. The van der Waals surface area contributed by atoms with Crippen LogP contribution in [0.4, 0.5) is 0 Å². The lowest BCUT2D eigenvalue weighted by atomic mass is 10.1. The first-order valence-electron chi connectivity index (χ1n) is 7.56. The Bertz CT molecular complexity index is 712. The summed E-state index contributed by atoms with van der Waals surface area (Å²) in [7, 11) is 0. The molecule has 0 aliphatic carbocycles. The second kappa shape index (κ2) is 13.6. The first-order chi connectivity index (χ1) is 13.3. The number of carbonyl (C=O) groups is 5. The van der Waals surface area contributed by atoms with Crippen molar-refractivity contribution in [1.82, 2.24) is 0 Å². The van der Waals surface area contributed by atoms with Crippen LogP contribution in [0, 0.1) is 0 Å². The summed E-state index contributed by atoms with van der Waals surface area (Å²) in [5.41, 5.74) is 0.718. The van der Waals surface area contributed by atoms with Crippen LogP contribution in [-0.2, 0) is 28.6 Å². The van der Waals surface area contributed by atoms with E-state index >= 15 is 0 Å². The van der Waals surface area contributed by atoms with Crippen LogP contribution in [-0.4, -0.2) is 53.3 Å². The Morgan fingerprint density at radius 1 is 0.964 bits per heavy atom. The highest BCUT2D eigenvalue weighted by molar-refractivity contribution is 6.14. The Morgan fingerprint density at radius 3 is 1.61 bits per heavy atom. The highest BCUT2D eigenvalue weighted by Crippen LogP contribution is 2.18. The Kier molecular flexibility index (Phi) is 11.8. The zero-order chi connectivity index (χ0) is 21.5. The van der Waals surface area contributed by atoms with E-state index in [-0.39, 0.29) is 19.2 Å². The fourth-order valence-electron chi connectivity index (χ4n) is 1.45. The molecule has 3 rings (SSSR count). The topological polar surface area (TPSA) is 154 Å². The molecule has 0 spiro atoms. The zero-order valence-electron chi connectivity index (χ0n) is 14.8. The number of fused-ring (bicyclic) bond motifs is 1. The average Bonchev–Trinajstić information content (AvgIpc) is 3.18. The molecule has 2 N–H and O–H groups in total. The molecule has 0 fully saturated rings. The van der Waals surface area contributed by atoms with Gasteiger partial charge in [0.15, 0.2) is 0 Å². The first kappa shape index (κ1) is 24.4. The lowest BCUT2D eigenvalue weighted by Crippen LogP contribution is -1.96. The predicted molar refractivity (Wildman–Crippen MR) is 92.6 cm³/mol. The maximum Gasteiger partial charge on any atom is 0.346 e. The van der Waals surface area contributed by atoms with Crippen LogP contribution in [0.25, 0.3) is 0 Å². The summed E-state index contributed by atoms with van der Waals surface area (Å²) in [6.07, 6.45) is 3.27. The third-order valence-corrected chi connectivity index (χ3v) is 2.46. The normalized spacial score (nSPS) is 12.7. The third-order valence-electron chi connectivity index (χ3n) is 2.46. The SMILES string of the molecule is C=COC(C)=O.O=C1C=CC(=O)O1.O=C1OC(=O)c2ccccc21.OCCO. The van der Waals surface area contributed by atoms with Crippen molar-refractivity contribution < 1.29 is 48.4 Å². The Morgan fingerprint density at radius 2 is 1.39 bits per heavy atom. The lowest BCUT2D eigenvalue weighted by Gasteiger charge is -1.86. The number of cyclic esters (lactones) is 4. The summed E-state index contributed by atoms with van der Waals surface area (Å²) in [6.45, 7) is 4.23. The summed E-state index contributed by atoms with van der Waals surface area (Å²) in [4.78, 5) is 51.3. The highest BCUT2D eigenvalue weighted by Gasteiger charge is 2.28. The van der Waals surface area contributed by atoms with Gasteiger partial charge in [-0.3, -0.25) is 4.79 Å². The van der Waals surface area contributed by atoms with Gasteiger partial charge in [-0.15, -0.1) is 0 Å².